The second kappa shape index (κ2) is 5.11. The molecule has 0 amide bonds. The monoisotopic (exact) mass is 283 g/mol. The third-order valence-corrected chi connectivity index (χ3v) is 3.52. The fourth-order valence-electron chi connectivity index (χ4n) is 2.10. The molecule has 1 unspecified atom stereocenters. The third-order valence-electron chi connectivity index (χ3n) is 2.91. The number of hydrogen-bond donors (Lipinski definition) is 1. The molecular weight excluding hydrogens is 269 g/mol. The summed E-state index contributed by atoms with van der Waals surface area (Å²) >= 11 is 3.19. The zero-order valence-electron chi connectivity index (χ0n) is 9.05. The maximum Gasteiger partial charge on any atom is 0.137 e. The lowest BCUT2D eigenvalue weighted by atomic mass is 9.90. The predicted molar refractivity (Wildman–Crippen MR) is 68.5 cm³/mol. The van der Waals surface area contributed by atoms with Crippen LogP contribution in [0.3, 0.4) is 0 Å². The van der Waals surface area contributed by atoms with Gasteiger partial charge in [0.1, 0.15) is 5.82 Å². The largest absolute Gasteiger partial charge is 0.327 e. The van der Waals surface area contributed by atoms with Gasteiger partial charge in [-0.2, -0.15) is 0 Å². The highest BCUT2D eigenvalue weighted by Crippen LogP contribution is 2.25. The van der Waals surface area contributed by atoms with Gasteiger partial charge in [-0.05, 0) is 59.3 Å². The first-order chi connectivity index (χ1) is 7.65. The summed E-state index contributed by atoms with van der Waals surface area (Å²) in [4.78, 5) is 0. The molecule has 16 heavy (non-hydrogen) atoms. The summed E-state index contributed by atoms with van der Waals surface area (Å²) in [5.74, 6) is -0.220. The van der Waals surface area contributed by atoms with Crippen LogP contribution in [0.5, 0.6) is 0 Å². The van der Waals surface area contributed by atoms with Crippen LogP contribution in [0.25, 0.3) is 6.08 Å². The van der Waals surface area contributed by atoms with Crippen LogP contribution in [0.4, 0.5) is 4.39 Å². The first kappa shape index (κ1) is 11.8. The molecule has 1 aromatic carbocycles. The summed E-state index contributed by atoms with van der Waals surface area (Å²) in [6.45, 7) is 0. The zero-order valence-corrected chi connectivity index (χ0v) is 10.6. The number of nitrogens with two attached hydrogens (primary N) is 1. The van der Waals surface area contributed by atoms with E-state index < -0.39 is 0 Å². The average molecular weight is 284 g/mol. The maximum absolute atomic E-state index is 13.1. The van der Waals surface area contributed by atoms with E-state index in [1.807, 2.05) is 6.07 Å². The van der Waals surface area contributed by atoms with Gasteiger partial charge in [0.05, 0.1) is 4.47 Å². The maximum atomic E-state index is 13.1. The summed E-state index contributed by atoms with van der Waals surface area (Å²) in [5.41, 5.74) is 8.33. The quantitative estimate of drug-likeness (QED) is 0.832. The van der Waals surface area contributed by atoms with Crippen molar-refractivity contribution in [3.05, 3.63) is 39.6 Å². The van der Waals surface area contributed by atoms with E-state index in [4.69, 9.17) is 5.73 Å². The summed E-state index contributed by atoms with van der Waals surface area (Å²) in [6, 6.07) is 5.39. The van der Waals surface area contributed by atoms with E-state index in [1.165, 1.54) is 11.6 Å². The molecule has 0 aromatic heterocycles. The lowest BCUT2D eigenvalue weighted by Gasteiger charge is -2.20. The van der Waals surface area contributed by atoms with Crippen molar-refractivity contribution in [2.24, 2.45) is 5.73 Å². The van der Waals surface area contributed by atoms with Gasteiger partial charge in [0, 0.05) is 6.04 Å². The van der Waals surface area contributed by atoms with E-state index in [-0.39, 0.29) is 5.82 Å². The molecule has 3 heteroatoms. The van der Waals surface area contributed by atoms with E-state index in [2.05, 4.69) is 22.0 Å². The fraction of sp³-hybridized carbons (Fsp3) is 0.385. The van der Waals surface area contributed by atoms with Crippen LogP contribution in [0.1, 0.15) is 31.2 Å². The van der Waals surface area contributed by atoms with Crippen LogP contribution in [-0.2, 0) is 0 Å². The van der Waals surface area contributed by atoms with Gasteiger partial charge in [-0.15, -0.1) is 0 Å². The van der Waals surface area contributed by atoms with Crippen LogP contribution in [-0.4, -0.2) is 6.04 Å². The minimum atomic E-state index is -0.220. The van der Waals surface area contributed by atoms with Crippen molar-refractivity contribution < 1.29 is 4.39 Å². The smallest absolute Gasteiger partial charge is 0.137 e. The molecule has 2 rings (SSSR count). The molecule has 0 saturated heterocycles. The lowest BCUT2D eigenvalue weighted by molar-refractivity contribution is 0.520. The van der Waals surface area contributed by atoms with Crippen LogP contribution in [0.2, 0.25) is 0 Å². The van der Waals surface area contributed by atoms with Gasteiger partial charge in [0.25, 0.3) is 0 Å². The Morgan fingerprint density at radius 1 is 1.44 bits per heavy atom. The molecule has 1 aliphatic carbocycles. The van der Waals surface area contributed by atoms with Crippen molar-refractivity contribution in [2.45, 2.75) is 31.7 Å². The van der Waals surface area contributed by atoms with Crippen molar-refractivity contribution in [2.75, 3.05) is 0 Å². The highest BCUT2D eigenvalue weighted by Gasteiger charge is 2.12. The molecule has 0 aliphatic heterocycles. The standard InChI is InChI=1S/C13H15BrFN/c14-12-8-10(4-5-13(12)15)6-9-2-1-3-11(16)7-9/h4-6,8,11H,1-3,7,16H2. The van der Waals surface area contributed by atoms with E-state index >= 15 is 0 Å². The Kier molecular flexibility index (Phi) is 3.77. The Morgan fingerprint density at radius 3 is 2.94 bits per heavy atom. The summed E-state index contributed by atoms with van der Waals surface area (Å²) in [6.07, 6.45) is 6.49. The number of hydrogen-bond acceptors (Lipinski definition) is 1. The number of halogens is 2. The van der Waals surface area contributed by atoms with Crippen molar-refractivity contribution in [3.8, 4) is 0 Å². The lowest BCUT2D eigenvalue weighted by Crippen LogP contribution is -2.23. The van der Waals surface area contributed by atoms with Crippen molar-refractivity contribution in [3.63, 3.8) is 0 Å². The average Bonchev–Trinajstić information content (AvgIpc) is 2.24. The molecule has 1 atom stereocenters. The van der Waals surface area contributed by atoms with E-state index in [0.29, 0.717) is 10.5 Å². The van der Waals surface area contributed by atoms with Crippen LogP contribution >= 0.6 is 15.9 Å². The summed E-state index contributed by atoms with van der Waals surface area (Å²) < 4.78 is 13.6. The molecule has 1 aromatic rings. The Labute approximate surface area is 104 Å². The van der Waals surface area contributed by atoms with Gasteiger partial charge in [0.2, 0.25) is 0 Å². The summed E-state index contributed by atoms with van der Waals surface area (Å²) in [7, 11) is 0. The van der Waals surface area contributed by atoms with Crippen molar-refractivity contribution in [1.82, 2.24) is 0 Å². The minimum Gasteiger partial charge on any atom is -0.327 e. The van der Waals surface area contributed by atoms with E-state index in [1.54, 1.807) is 6.07 Å². The first-order valence-electron chi connectivity index (χ1n) is 5.55. The molecule has 0 heterocycles. The van der Waals surface area contributed by atoms with Gasteiger partial charge in [-0.25, -0.2) is 4.39 Å². The minimum absolute atomic E-state index is 0.220. The number of benzene rings is 1. The Balaban J connectivity index is 2.18. The van der Waals surface area contributed by atoms with Crippen molar-refractivity contribution in [1.29, 1.82) is 0 Å². The molecule has 86 valence electrons. The predicted octanol–water partition coefficient (Wildman–Crippen LogP) is 3.87. The van der Waals surface area contributed by atoms with E-state index in [9.17, 15) is 4.39 Å². The van der Waals surface area contributed by atoms with Gasteiger partial charge >= 0.3 is 0 Å². The summed E-state index contributed by atoms with van der Waals surface area (Å²) in [5, 5.41) is 0. The zero-order chi connectivity index (χ0) is 11.5. The molecule has 1 aliphatic rings. The SMILES string of the molecule is NC1CCCC(=Cc2ccc(F)c(Br)c2)C1. The highest BCUT2D eigenvalue weighted by atomic mass is 79.9. The first-order valence-corrected chi connectivity index (χ1v) is 6.34. The molecule has 0 bridgehead atoms. The molecular formula is C13H15BrFN. The second-order valence-electron chi connectivity index (χ2n) is 4.33. The number of rotatable bonds is 1. The fourth-order valence-corrected chi connectivity index (χ4v) is 2.50. The normalized spacial score (nSPS) is 23.7. The van der Waals surface area contributed by atoms with Gasteiger partial charge in [-0.1, -0.05) is 17.7 Å². The third kappa shape index (κ3) is 2.92. The van der Waals surface area contributed by atoms with Crippen LogP contribution < -0.4 is 5.73 Å². The Morgan fingerprint density at radius 2 is 2.25 bits per heavy atom. The van der Waals surface area contributed by atoms with Crippen LogP contribution in [0, 0.1) is 5.82 Å². The van der Waals surface area contributed by atoms with Gasteiger partial charge < -0.3 is 5.73 Å². The van der Waals surface area contributed by atoms with E-state index in [0.717, 1.165) is 31.2 Å². The second-order valence-corrected chi connectivity index (χ2v) is 5.19. The molecule has 0 radical (unpaired) electrons. The van der Waals surface area contributed by atoms with Crippen LogP contribution in [0.15, 0.2) is 28.2 Å². The molecule has 0 spiro atoms. The molecule has 2 N–H and O–H groups in total. The Bertz CT molecular complexity index is 414. The Hall–Kier alpha value is -0.670. The molecule has 1 nitrogen and oxygen atoms in total. The highest BCUT2D eigenvalue weighted by molar-refractivity contribution is 9.10. The van der Waals surface area contributed by atoms with Gasteiger partial charge in [0.15, 0.2) is 0 Å². The molecule has 1 fully saturated rings. The van der Waals surface area contributed by atoms with Gasteiger partial charge in [-0.3, -0.25) is 0 Å². The van der Waals surface area contributed by atoms with Crippen molar-refractivity contribution >= 4 is 22.0 Å². The topological polar surface area (TPSA) is 26.0 Å². The molecule has 1 saturated carbocycles.